The Balaban J connectivity index is 1.46. The molecule has 0 unspecified atom stereocenters. The molecule has 0 aliphatic heterocycles. The van der Waals surface area contributed by atoms with Gasteiger partial charge in [-0.05, 0) is 58.0 Å². The average molecular weight is 527 g/mol. The monoisotopic (exact) mass is 527 g/mol. The molecule has 0 radical (unpaired) electrons. The molecule has 0 spiro atoms. The first-order chi connectivity index (χ1) is 14.7. The molecule has 0 fully saturated rings. The second-order valence-corrected chi connectivity index (χ2v) is 8.68. The first-order valence-corrected chi connectivity index (χ1v) is 11.4. The van der Waals surface area contributed by atoms with E-state index in [4.69, 9.17) is 4.42 Å². The van der Waals surface area contributed by atoms with Crippen LogP contribution < -0.4 is 5.32 Å². The highest BCUT2D eigenvalue weighted by Crippen LogP contribution is 2.32. The third kappa shape index (κ3) is 5.28. The molecule has 0 atom stereocenters. The molecule has 150 valence electrons. The lowest BCUT2D eigenvalue weighted by Gasteiger charge is -2.13. The highest BCUT2D eigenvalue weighted by molar-refractivity contribution is 14.1. The van der Waals surface area contributed by atoms with Crippen LogP contribution in [0.3, 0.4) is 0 Å². The third-order valence-corrected chi connectivity index (χ3v) is 5.93. The highest BCUT2D eigenvalue weighted by Gasteiger charge is 2.23. The van der Waals surface area contributed by atoms with E-state index < -0.39 is 0 Å². The van der Waals surface area contributed by atoms with Crippen molar-refractivity contribution >= 4 is 45.9 Å². The molecule has 0 saturated heterocycles. The Bertz CT molecular complexity index is 1060. The first kappa shape index (κ1) is 20.6. The van der Waals surface area contributed by atoms with E-state index in [1.807, 2.05) is 84.9 Å². The largest absolute Gasteiger partial charge is 0.415 e. The minimum Gasteiger partial charge on any atom is -0.415 e. The Labute approximate surface area is 192 Å². The standard InChI is InChI=1S/C23H18IN3O2S/c24-18-11-13-19(14-12-18)25-20(28)15-30-23-27-26-22(29-23)21(16-7-3-1-4-8-16)17-9-5-2-6-10-17/h1-14,21H,15H2,(H,25,28). The Morgan fingerprint density at radius 3 is 2.10 bits per heavy atom. The lowest BCUT2D eigenvalue weighted by molar-refractivity contribution is -0.113. The van der Waals surface area contributed by atoms with Crippen molar-refractivity contribution in [2.45, 2.75) is 11.1 Å². The highest BCUT2D eigenvalue weighted by atomic mass is 127. The van der Waals surface area contributed by atoms with E-state index in [1.54, 1.807) is 0 Å². The Morgan fingerprint density at radius 1 is 0.900 bits per heavy atom. The van der Waals surface area contributed by atoms with Crippen molar-refractivity contribution in [1.82, 2.24) is 10.2 Å². The lowest BCUT2D eigenvalue weighted by atomic mass is 9.91. The fourth-order valence-electron chi connectivity index (χ4n) is 3.02. The summed E-state index contributed by atoms with van der Waals surface area (Å²) >= 11 is 3.45. The summed E-state index contributed by atoms with van der Waals surface area (Å²) < 4.78 is 7.05. The summed E-state index contributed by atoms with van der Waals surface area (Å²) in [5, 5.41) is 11.7. The molecule has 1 heterocycles. The maximum absolute atomic E-state index is 12.2. The second-order valence-electron chi connectivity index (χ2n) is 6.50. The molecular formula is C23H18IN3O2S. The van der Waals surface area contributed by atoms with Crippen molar-refractivity contribution in [3.8, 4) is 0 Å². The van der Waals surface area contributed by atoms with Crippen LogP contribution in [-0.4, -0.2) is 21.9 Å². The van der Waals surface area contributed by atoms with Gasteiger partial charge in [0.15, 0.2) is 0 Å². The van der Waals surface area contributed by atoms with Crippen molar-refractivity contribution in [1.29, 1.82) is 0 Å². The minimum atomic E-state index is -0.158. The van der Waals surface area contributed by atoms with E-state index in [0.717, 1.165) is 20.4 Å². The summed E-state index contributed by atoms with van der Waals surface area (Å²) in [6, 6.07) is 27.7. The number of hydrogen-bond donors (Lipinski definition) is 1. The van der Waals surface area contributed by atoms with Crippen LogP contribution in [0.15, 0.2) is 94.6 Å². The van der Waals surface area contributed by atoms with Crippen LogP contribution in [0.2, 0.25) is 0 Å². The number of nitrogens with zero attached hydrogens (tertiary/aromatic N) is 2. The molecule has 0 saturated carbocycles. The molecule has 3 aromatic carbocycles. The van der Waals surface area contributed by atoms with Gasteiger partial charge in [0, 0.05) is 9.26 Å². The number of nitrogens with one attached hydrogen (secondary N) is 1. The van der Waals surface area contributed by atoms with Crippen LogP contribution >= 0.6 is 34.4 Å². The molecule has 0 aliphatic carbocycles. The first-order valence-electron chi connectivity index (χ1n) is 9.30. The third-order valence-electron chi connectivity index (χ3n) is 4.39. The topological polar surface area (TPSA) is 68.0 Å². The summed E-state index contributed by atoms with van der Waals surface area (Å²) in [7, 11) is 0. The van der Waals surface area contributed by atoms with Gasteiger partial charge < -0.3 is 9.73 Å². The van der Waals surface area contributed by atoms with E-state index >= 15 is 0 Å². The number of halogens is 1. The zero-order valence-electron chi connectivity index (χ0n) is 15.9. The van der Waals surface area contributed by atoms with Crippen LogP contribution in [0.1, 0.15) is 22.9 Å². The number of amides is 1. The fraction of sp³-hybridized carbons (Fsp3) is 0.0870. The van der Waals surface area contributed by atoms with Gasteiger partial charge >= 0.3 is 0 Å². The van der Waals surface area contributed by atoms with Gasteiger partial charge in [-0.1, -0.05) is 72.4 Å². The number of hydrogen-bond acceptors (Lipinski definition) is 5. The van der Waals surface area contributed by atoms with Gasteiger partial charge in [-0.2, -0.15) is 0 Å². The number of carbonyl (C=O) groups is 1. The predicted octanol–water partition coefficient (Wildman–Crippen LogP) is 5.59. The number of benzene rings is 3. The number of rotatable bonds is 7. The molecule has 4 rings (SSSR count). The molecule has 30 heavy (non-hydrogen) atoms. The second kappa shape index (κ2) is 9.90. The molecule has 1 amide bonds. The zero-order valence-corrected chi connectivity index (χ0v) is 18.8. The average Bonchev–Trinajstić information content (AvgIpc) is 3.24. The van der Waals surface area contributed by atoms with Crippen LogP contribution in [0.5, 0.6) is 0 Å². The van der Waals surface area contributed by atoms with E-state index in [0.29, 0.717) is 11.1 Å². The Kier molecular flexibility index (Phi) is 6.81. The molecule has 4 aromatic rings. The van der Waals surface area contributed by atoms with E-state index in [9.17, 15) is 4.79 Å². The van der Waals surface area contributed by atoms with Crippen molar-refractivity contribution in [3.05, 3.63) is 106 Å². The van der Waals surface area contributed by atoms with Gasteiger partial charge in [0.2, 0.25) is 11.8 Å². The van der Waals surface area contributed by atoms with Crippen molar-refractivity contribution in [2.24, 2.45) is 0 Å². The van der Waals surface area contributed by atoms with Gasteiger partial charge in [-0.15, -0.1) is 10.2 Å². The van der Waals surface area contributed by atoms with Gasteiger partial charge in [0.25, 0.3) is 5.22 Å². The summed E-state index contributed by atoms with van der Waals surface area (Å²) in [6.45, 7) is 0. The smallest absolute Gasteiger partial charge is 0.277 e. The fourth-order valence-corrected chi connectivity index (χ4v) is 3.95. The molecular weight excluding hydrogens is 509 g/mol. The van der Waals surface area contributed by atoms with Gasteiger partial charge in [0.05, 0.1) is 11.7 Å². The number of thioether (sulfide) groups is 1. The molecule has 7 heteroatoms. The van der Waals surface area contributed by atoms with Gasteiger partial charge in [0.1, 0.15) is 0 Å². The molecule has 5 nitrogen and oxygen atoms in total. The van der Waals surface area contributed by atoms with E-state index in [1.165, 1.54) is 11.8 Å². The van der Waals surface area contributed by atoms with Gasteiger partial charge in [-0.25, -0.2) is 0 Å². The summed E-state index contributed by atoms with van der Waals surface area (Å²) in [4.78, 5) is 12.2. The van der Waals surface area contributed by atoms with Crippen molar-refractivity contribution in [3.63, 3.8) is 0 Å². The molecule has 0 bridgehead atoms. The minimum absolute atomic E-state index is 0.122. The molecule has 1 aromatic heterocycles. The lowest BCUT2D eigenvalue weighted by Crippen LogP contribution is -2.13. The SMILES string of the molecule is O=C(CSc1nnc(C(c2ccccc2)c2ccccc2)o1)Nc1ccc(I)cc1. The molecule has 1 N–H and O–H groups in total. The van der Waals surface area contributed by atoms with Crippen LogP contribution in [-0.2, 0) is 4.79 Å². The predicted molar refractivity (Wildman–Crippen MR) is 127 cm³/mol. The normalized spacial score (nSPS) is 10.9. The zero-order chi connectivity index (χ0) is 20.8. The number of anilines is 1. The van der Waals surface area contributed by atoms with Crippen LogP contribution in [0, 0.1) is 3.57 Å². The summed E-state index contributed by atoms with van der Waals surface area (Å²) in [5.74, 6) is 0.418. The summed E-state index contributed by atoms with van der Waals surface area (Å²) in [6.07, 6.45) is 0. The van der Waals surface area contributed by atoms with E-state index in [2.05, 4.69) is 38.1 Å². The number of aromatic nitrogens is 2. The Morgan fingerprint density at radius 2 is 1.50 bits per heavy atom. The van der Waals surface area contributed by atoms with Gasteiger partial charge in [-0.3, -0.25) is 4.79 Å². The maximum Gasteiger partial charge on any atom is 0.277 e. The maximum atomic E-state index is 12.2. The molecule has 0 aliphatic rings. The van der Waals surface area contributed by atoms with Crippen molar-refractivity contribution < 1.29 is 9.21 Å². The van der Waals surface area contributed by atoms with Crippen LogP contribution in [0.4, 0.5) is 5.69 Å². The summed E-state index contributed by atoms with van der Waals surface area (Å²) in [5.41, 5.74) is 2.90. The number of carbonyl (C=O) groups excluding carboxylic acids is 1. The van der Waals surface area contributed by atoms with Crippen molar-refractivity contribution in [2.75, 3.05) is 11.1 Å². The Hall–Kier alpha value is -2.65. The quantitative estimate of drug-likeness (QED) is 0.251. The van der Waals surface area contributed by atoms with Crippen LogP contribution in [0.25, 0.3) is 0 Å². The van der Waals surface area contributed by atoms with E-state index in [-0.39, 0.29) is 17.6 Å².